The number of hydrogen-bond donors (Lipinski definition) is 0. The minimum atomic E-state index is 0.169. The summed E-state index contributed by atoms with van der Waals surface area (Å²) in [4.78, 5) is 0. The molecule has 0 N–H and O–H groups in total. The standard InChI is InChI=1S/C8H8Cl2O/c1-6-4-7(10)2-3-8(6)11-5-9/h2-4H,5H2,1H3. The van der Waals surface area contributed by atoms with Crippen LogP contribution in [0.1, 0.15) is 5.56 Å². The number of rotatable bonds is 2. The van der Waals surface area contributed by atoms with Crippen LogP contribution in [-0.2, 0) is 0 Å². The lowest BCUT2D eigenvalue weighted by Crippen LogP contribution is -1.90. The van der Waals surface area contributed by atoms with Crippen molar-refractivity contribution in [2.24, 2.45) is 0 Å². The molecule has 0 aliphatic carbocycles. The molecule has 1 aromatic carbocycles. The molecule has 0 saturated carbocycles. The Morgan fingerprint density at radius 3 is 2.73 bits per heavy atom. The normalized spacial score (nSPS) is 9.73. The van der Waals surface area contributed by atoms with Crippen LogP contribution in [0.3, 0.4) is 0 Å². The van der Waals surface area contributed by atoms with Crippen molar-refractivity contribution in [1.82, 2.24) is 0 Å². The van der Waals surface area contributed by atoms with Crippen molar-refractivity contribution in [3.8, 4) is 5.75 Å². The molecule has 0 radical (unpaired) electrons. The van der Waals surface area contributed by atoms with Gasteiger partial charge < -0.3 is 4.74 Å². The Labute approximate surface area is 75.9 Å². The molecule has 0 atom stereocenters. The largest absolute Gasteiger partial charge is 0.478 e. The molecule has 0 spiro atoms. The van der Waals surface area contributed by atoms with Gasteiger partial charge in [-0.05, 0) is 30.7 Å². The zero-order valence-corrected chi connectivity index (χ0v) is 7.62. The maximum absolute atomic E-state index is 5.73. The van der Waals surface area contributed by atoms with Gasteiger partial charge in [0.05, 0.1) is 0 Å². The lowest BCUT2D eigenvalue weighted by molar-refractivity contribution is 0.385. The van der Waals surface area contributed by atoms with Gasteiger partial charge in [-0.2, -0.15) is 0 Å². The summed E-state index contributed by atoms with van der Waals surface area (Å²) in [5, 5.41) is 0.712. The highest BCUT2D eigenvalue weighted by Gasteiger charge is 1.97. The molecular formula is C8H8Cl2O. The van der Waals surface area contributed by atoms with E-state index in [0.717, 1.165) is 11.3 Å². The van der Waals surface area contributed by atoms with Gasteiger partial charge in [0.1, 0.15) is 5.75 Å². The number of hydrogen-bond acceptors (Lipinski definition) is 1. The molecule has 1 aromatic rings. The number of alkyl halides is 1. The van der Waals surface area contributed by atoms with Crippen LogP contribution in [0.5, 0.6) is 5.75 Å². The first-order chi connectivity index (χ1) is 5.24. The number of benzene rings is 1. The van der Waals surface area contributed by atoms with Crippen molar-refractivity contribution in [3.05, 3.63) is 28.8 Å². The van der Waals surface area contributed by atoms with E-state index in [1.807, 2.05) is 13.0 Å². The zero-order valence-electron chi connectivity index (χ0n) is 6.10. The smallest absolute Gasteiger partial charge is 0.162 e. The van der Waals surface area contributed by atoms with Gasteiger partial charge >= 0.3 is 0 Å². The fourth-order valence-corrected chi connectivity index (χ4v) is 1.18. The van der Waals surface area contributed by atoms with E-state index in [1.165, 1.54) is 0 Å². The Balaban J connectivity index is 2.90. The van der Waals surface area contributed by atoms with Crippen LogP contribution >= 0.6 is 23.2 Å². The van der Waals surface area contributed by atoms with Crippen molar-refractivity contribution in [2.45, 2.75) is 6.92 Å². The lowest BCUT2D eigenvalue weighted by Gasteiger charge is -2.04. The first-order valence-electron chi connectivity index (χ1n) is 3.19. The highest BCUT2D eigenvalue weighted by molar-refractivity contribution is 6.30. The van der Waals surface area contributed by atoms with Crippen molar-refractivity contribution in [1.29, 1.82) is 0 Å². The van der Waals surface area contributed by atoms with Crippen molar-refractivity contribution < 1.29 is 4.74 Å². The van der Waals surface area contributed by atoms with Crippen LogP contribution in [0, 0.1) is 6.92 Å². The zero-order chi connectivity index (χ0) is 8.27. The molecular weight excluding hydrogens is 183 g/mol. The Morgan fingerprint density at radius 2 is 2.18 bits per heavy atom. The number of ether oxygens (including phenoxy) is 1. The third-order valence-corrected chi connectivity index (χ3v) is 1.69. The van der Waals surface area contributed by atoms with Crippen molar-refractivity contribution >= 4 is 23.2 Å². The molecule has 0 amide bonds. The molecule has 0 heterocycles. The van der Waals surface area contributed by atoms with Gasteiger partial charge in [-0.3, -0.25) is 0 Å². The van der Waals surface area contributed by atoms with Crippen LogP contribution in [0.15, 0.2) is 18.2 Å². The molecule has 0 saturated heterocycles. The average Bonchev–Trinajstić information content (AvgIpc) is 1.95. The van der Waals surface area contributed by atoms with Crippen LogP contribution in [-0.4, -0.2) is 6.07 Å². The summed E-state index contributed by atoms with van der Waals surface area (Å²) in [7, 11) is 0. The van der Waals surface area contributed by atoms with E-state index in [4.69, 9.17) is 27.9 Å². The molecule has 0 unspecified atom stereocenters. The van der Waals surface area contributed by atoms with E-state index in [9.17, 15) is 0 Å². The Hall–Kier alpha value is -0.400. The predicted molar refractivity (Wildman–Crippen MR) is 47.5 cm³/mol. The average molecular weight is 191 g/mol. The van der Waals surface area contributed by atoms with Crippen LogP contribution in [0.4, 0.5) is 0 Å². The monoisotopic (exact) mass is 190 g/mol. The van der Waals surface area contributed by atoms with E-state index in [1.54, 1.807) is 12.1 Å². The van der Waals surface area contributed by atoms with Gasteiger partial charge in [0.25, 0.3) is 0 Å². The van der Waals surface area contributed by atoms with Crippen molar-refractivity contribution in [2.75, 3.05) is 6.07 Å². The molecule has 1 rings (SSSR count). The predicted octanol–water partition coefficient (Wildman–Crippen LogP) is 3.22. The fraction of sp³-hybridized carbons (Fsp3) is 0.250. The van der Waals surface area contributed by atoms with Gasteiger partial charge in [-0.15, -0.1) is 0 Å². The molecule has 3 heteroatoms. The molecule has 0 aliphatic heterocycles. The van der Waals surface area contributed by atoms with Gasteiger partial charge in [0.2, 0.25) is 0 Å². The van der Waals surface area contributed by atoms with Crippen molar-refractivity contribution in [3.63, 3.8) is 0 Å². The van der Waals surface area contributed by atoms with E-state index in [0.29, 0.717) is 5.02 Å². The highest BCUT2D eigenvalue weighted by Crippen LogP contribution is 2.21. The van der Waals surface area contributed by atoms with Crippen LogP contribution in [0.2, 0.25) is 5.02 Å². The first-order valence-corrected chi connectivity index (χ1v) is 4.10. The highest BCUT2D eigenvalue weighted by atomic mass is 35.5. The second-order valence-electron chi connectivity index (χ2n) is 2.16. The third-order valence-electron chi connectivity index (χ3n) is 1.35. The molecule has 0 fully saturated rings. The third kappa shape index (κ3) is 2.28. The quantitative estimate of drug-likeness (QED) is 0.652. The lowest BCUT2D eigenvalue weighted by atomic mass is 10.2. The Bertz CT molecular complexity index is 248. The van der Waals surface area contributed by atoms with Crippen LogP contribution < -0.4 is 4.74 Å². The molecule has 0 aromatic heterocycles. The topological polar surface area (TPSA) is 9.23 Å². The summed E-state index contributed by atoms with van der Waals surface area (Å²) < 4.78 is 5.10. The summed E-state index contributed by atoms with van der Waals surface area (Å²) in [6, 6.07) is 5.59. The maximum atomic E-state index is 5.73. The van der Waals surface area contributed by atoms with Gasteiger partial charge in [0.15, 0.2) is 6.07 Å². The van der Waals surface area contributed by atoms with E-state index in [-0.39, 0.29) is 6.07 Å². The summed E-state index contributed by atoms with van der Waals surface area (Å²) in [5.74, 6) is 0.782. The summed E-state index contributed by atoms with van der Waals surface area (Å²) >= 11 is 11.1. The minimum Gasteiger partial charge on any atom is -0.478 e. The van der Waals surface area contributed by atoms with Gasteiger partial charge in [0, 0.05) is 5.02 Å². The maximum Gasteiger partial charge on any atom is 0.162 e. The Kier molecular flexibility index (Phi) is 3.03. The molecule has 1 nitrogen and oxygen atoms in total. The SMILES string of the molecule is Cc1cc(Cl)ccc1OCCl. The van der Waals surface area contributed by atoms with E-state index < -0.39 is 0 Å². The molecule has 60 valence electrons. The second-order valence-corrected chi connectivity index (χ2v) is 2.82. The van der Waals surface area contributed by atoms with Gasteiger partial charge in [-0.1, -0.05) is 23.2 Å². The van der Waals surface area contributed by atoms with Crippen LogP contribution in [0.25, 0.3) is 0 Å². The molecule has 11 heavy (non-hydrogen) atoms. The molecule has 0 aliphatic rings. The fourth-order valence-electron chi connectivity index (χ4n) is 0.834. The van der Waals surface area contributed by atoms with Gasteiger partial charge in [-0.25, -0.2) is 0 Å². The van der Waals surface area contributed by atoms with E-state index >= 15 is 0 Å². The van der Waals surface area contributed by atoms with E-state index in [2.05, 4.69) is 0 Å². The minimum absolute atomic E-state index is 0.169. The number of halogens is 2. The second kappa shape index (κ2) is 3.84. The molecule has 0 bridgehead atoms. The summed E-state index contributed by atoms with van der Waals surface area (Å²) in [6.45, 7) is 1.92. The summed E-state index contributed by atoms with van der Waals surface area (Å²) in [6.07, 6.45) is 0. The number of aryl methyl sites for hydroxylation is 1. The Morgan fingerprint density at radius 1 is 1.45 bits per heavy atom. The summed E-state index contributed by atoms with van der Waals surface area (Å²) in [5.41, 5.74) is 0.998. The first kappa shape index (κ1) is 8.69.